The average Bonchev–Trinajstić information content (AvgIpc) is 2.97. The minimum atomic E-state index is 0.396. The molecule has 3 rings (SSSR count). The lowest BCUT2D eigenvalue weighted by atomic mass is 10.2. The second-order valence-corrected chi connectivity index (χ2v) is 3.91. The molecule has 0 spiro atoms. The second kappa shape index (κ2) is 4.11. The van der Waals surface area contributed by atoms with E-state index in [1.807, 2.05) is 19.2 Å². The maximum absolute atomic E-state index is 5.10. The standard InChI is InChI=1S/C11H10N6O/c1-7-13-11(18-16-7)10-15-14-9(17(10)2)8-4-3-5-12-6-8/h3-6H,1-2H3/p+1. The molecule has 1 N–H and O–H groups in total. The number of pyridine rings is 1. The van der Waals surface area contributed by atoms with E-state index in [0.29, 0.717) is 17.6 Å². The van der Waals surface area contributed by atoms with Crippen LogP contribution in [0.2, 0.25) is 0 Å². The fourth-order valence-electron chi connectivity index (χ4n) is 1.74. The summed E-state index contributed by atoms with van der Waals surface area (Å²) in [6, 6.07) is 3.80. The summed E-state index contributed by atoms with van der Waals surface area (Å²) in [5.41, 5.74) is 0.921. The number of nitrogens with one attached hydrogen (secondary N) is 1. The zero-order chi connectivity index (χ0) is 12.5. The van der Waals surface area contributed by atoms with Crippen LogP contribution in [0.1, 0.15) is 17.3 Å². The smallest absolute Gasteiger partial charge is 0.326 e. The highest BCUT2D eigenvalue weighted by molar-refractivity contribution is 6.04. The molecule has 0 saturated heterocycles. The van der Waals surface area contributed by atoms with Crippen molar-refractivity contribution in [2.75, 3.05) is 7.05 Å². The molecule has 18 heavy (non-hydrogen) atoms. The van der Waals surface area contributed by atoms with Crippen molar-refractivity contribution in [3.63, 3.8) is 0 Å². The third-order valence-corrected chi connectivity index (χ3v) is 2.63. The van der Waals surface area contributed by atoms with E-state index in [0.717, 1.165) is 16.3 Å². The number of aromatic nitrogens is 3. The van der Waals surface area contributed by atoms with Crippen LogP contribution in [0.5, 0.6) is 0 Å². The Hall–Kier alpha value is -2.41. The van der Waals surface area contributed by atoms with Gasteiger partial charge in [0, 0.05) is 12.4 Å². The van der Waals surface area contributed by atoms with Crippen LogP contribution in [-0.4, -0.2) is 33.8 Å². The van der Waals surface area contributed by atoms with Gasteiger partial charge in [-0.3, -0.25) is 4.98 Å². The summed E-state index contributed by atoms with van der Waals surface area (Å²) >= 11 is 0. The summed E-state index contributed by atoms with van der Waals surface area (Å²) in [6.45, 7) is 1.76. The van der Waals surface area contributed by atoms with Crippen molar-refractivity contribution >= 4 is 11.7 Å². The van der Waals surface area contributed by atoms with E-state index in [9.17, 15) is 0 Å². The summed E-state index contributed by atoms with van der Waals surface area (Å²) in [5.74, 6) is 2.38. The van der Waals surface area contributed by atoms with Gasteiger partial charge < -0.3 is 4.52 Å². The number of aryl methyl sites for hydroxylation is 1. The first-order valence-electron chi connectivity index (χ1n) is 5.47. The van der Waals surface area contributed by atoms with Crippen molar-refractivity contribution in [1.82, 2.24) is 15.1 Å². The fraction of sp³-hybridized carbons (Fsp3) is 0.182. The van der Waals surface area contributed by atoms with Gasteiger partial charge >= 0.3 is 11.7 Å². The minimum absolute atomic E-state index is 0.396. The van der Waals surface area contributed by atoms with Crippen LogP contribution < -0.4 is 4.90 Å². The minimum Gasteiger partial charge on any atom is -0.326 e. The molecule has 0 amide bonds. The van der Waals surface area contributed by atoms with Crippen molar-refractivity contribution in [2.24, 2.45) is 10.2 Å². The van der Waals surface area contributed by atoms with Crippen LogP contribution in [0.15, 0.2) is 39.3 Å². The molecule has 1 aliphatic heterocycles. The highest BCUT2D eigenvalue weighted by Crippen LogP contribution is 2.02. The largest absolute Gasteiger partial charge is 0.334 e. The molecule has 90 valence electrons. The maximum atomic E-state index is 5.10. The van der Waals surface area contributed by atoms with Crippen LogP contribution in [-0.2, 0) is 0 Å². The highest BCUT2D eigenvalue weighted by atomic mass is 16.5. The van der Waals surface area contributed by atoms with Gasteiger partial charge in [-0.1, -0.05) is 15.4 Å². The average molecular weight is 243 g/mol. The summed E-state index contributed by atoms with van der Waals surface area (Å²) in [7, 11) is 1.93. The van der Waals surface area contributed by atoms with Gasteiger partial charge in [-0.15, -0.1) is 0 Å². The highest BCUT2D eigenvalue weighted by Gasteiger charge is 2.32. The molecule has 2 aromatic rings. The number of quaternary nitrogens is 1. The first-order chi connectivity index (χ1) is 8.75. The van der Waals surface area contributed by atoms with Gasteiger partial charge in [-0.25, -0.2) is 4.90 Å². The lowest BCUT2D eigenvalue weighted by Gasteiger charge is -2.06. The van der Waals surface area contributed by atoms with Crippen LogP contribution >= 0.6 is 0 Å². The SMILES string of the molecule is Cc1noc(C2=NN=C(c3cccnc3)[NH+]2C)n1. The third kappa shape index (κ3) is 1.70. The zero-order valence-electron chi connectivity index (χ0n) is 9.95. The molecule has 7 heteroatoms. The van der Waals surface area contributed by atoms with Crippen LogP contribution in [0, 0.1) is 6.92 Å². The van der Waals surface area contributed by atoms with E-state index in [4.69, 9.17) is 4.52 Å². The Morgan fingerprint density at radius 1 is 1.22 bits per heavy atom. The first-order valence-corrected chi connectivity index (χ1v) is 5.47. The molecule has 1 unspecified atom stereocenters. The van der Waals surface area contributed by atoms with E-state index in [2.05, 4.69) is 25.3 Å². The van der Waals surface area contributed by atoms with Gasteiger partial charge in [0.15, 0.2) is 5.82 Å². The molecule has 0 bridgehead atoms. The molecule has 7 nitrogen and oxygen atoms in total. The van der Waals surface area contributed by atoms with Gasteiger partial charge in [-0.05, 0) is 19.1 Å². The molecular formula is C11H11N6O+. The van der Waals surface area contributed by atoms with Crippen molar-refractivity contribution in [1.29, 1.82) is 0 Å². The molecule has 0 fully saturated rings. The van der Waals surface area contributed by atoms with Gasteiger partial charge in [0.2, 0.25) is 0 Å². The lowest BCUT2D eigenvalue weighted by Crippen LogP contribution is -3.13. The Bertz CT molecular complexity index is 630. The lowest BCUT2D eigenvalue weighted by molar-refractivity contribution is -0.670. The van der Waals surface area contributed by atoms with Crippen molar-refractivity contribution in [3.05, 3.63) is 41.8 Å². The fourth-order valence-corrected chi connectivity index (χ4v) is 1.74. The molecule has 3 heterocycles. The number of amidine groups is 2. The Balaban J connectivity index is 1.89. The van der Waals surface area contributed by atoms with E-state index < -0.39 is 0 Å². The molecule has 2 aromatic heterocycles. The van der Waals surface area contributed by atoms with Crippen molar-refractivity contribution in [2.45, 2.75) is 6.92 Å². The Morgan fingerprint density at radius 2 is 2.06 bits per heavy atom. The molecule has 1 atom stereocenters. The van der Waals surface area contributed by atoms with Gasteiger partial charge in [0.25, 0.3) is 5.84 Å². The Morgan fingerprint density at radius 3 is 2.72 bits per heavy atom. The monoisotopic (exact) mass is 243 g/mol. The molecule has 0 radical (unpaired) electrons. The maximum Gasteiger partial charge on any atom is 0.334 e. The predicted molar refractivity (Wildman–Crippen MR) is 63.2 cm³/mol. The van der Waals surface area contributed by atoms with E-state index in [1.54, 1.807) is 19.3 Å². The molecule has 0 saturated carbocycles. The summed E-state index contributed by atoms with van der Waals surface area (Å²) in [5, 5.41) is 12.0. The number of hydrogen-bond donors (Lipinski definition) is 1. The topological polar surface area (TPSA) is 81.0 Å². The van der Waals surface area contributed by atoms with Crippen LogP contribution in [0.3, 0.4) is 0 Å². The van der Waals surface area contributed by atoms with Crippen molar-refractivity contribution in [3.8, 4) is 0 Å². The van der Waals surface area contributed by atoms with Crippen LogP contribution in [0.4, 0.5) is 0 Å². The number of hydrogen-bond acceptors (Lipinski definition) is 6. The Kier molecular flexibility index (Phi) is 2.45. The third-order valence-electron chi connectivity index (χ3n) is 2.63. The quantitative estimate of drug-likeness (QED) is 0.764. The molecular weight excluding hydrogens is 232 g/mol. The first kappa shape index (κ1) is 10.7. The van der Waals surface area contributed by atoms with Gasteiger partial charge in [0.1, 0.15) is 0 Å². The van der Waals surface area contributed by atoms with E-state index >= 15 is 0 Å². The van der Waals surface area contributed by atoms with E-state index in [-0.39, 0.29) is 0 Å². The van der Waals surface area contributed by atoms with Crippen LogP contribution in [0.25, 0.3) is 0 Å². The summed E-state index contributed by atoms with van der Waals surface area (Å²) in [4.78, 5) is 9.13. The Labute approximate surface area is 103 Å². The number of nitrogens with zero attached hydrogens (tertiary/aromatic N) is 5. The predicted octanol–water partition coefficient (Wildman–Crippen LogP) is -0.590. The zero-order valence-corrected chi connectivity index (χ0v) is 9.95. The second-order valence-electron chi connectivity index (χ2n) is 3.91. The summed E-state index contributed by atoms with van der Waals surface area (Å²) in [6.07, 6.45) is 3.47. The molecule has 0 aliphatic carbocycles. The van der Waals surface area contributed by atoms with Crippen molar-refractivity contribution < 1.29 is 9.42 Å². The summed E-state index contributed by atoms with van der Waals surface area (Å²) < 4.78 is 5.10. The van der Waals surface area contributed by atoms with Gasteiger partial charge in [0.05, 0.1) is 12.6 Å². The van der Waals surface area contributed by atoms with E-state index in [1.165, 1.54) is 0 Å². The van der Waals surface area contributed by atoms with Gasteiger partial charge in [-0.2, -0.15) is 4.98 Å². The molecule has 1 aliphatic rings. The molecule has 0 aromatic carbocycles. The normalized spacial score (nSPS) is 18.7. The number of rotatable bonds is 2.